The topological polar surface area (TPSA) is 81.8 Å². The molecule has 1 fully saturated rings. The Bertz CT molecular complexity index is 480. The fourth-order valence-electron chi connectivity index (χ4n) is 1.93. The van der Waals surface area contributed by atoms with E-state index in [-0.39, 0.29) is 16.9 Å². The van der Waals surface area contributed by atoms with Gasteiger partial charge >= 0.3 is 5.97 Å². The molecule has 5 nitrogen and oxygen atoms in total. The standard InChI is InChI=1S/C13H17NO4/c1-17-11-6-10(15)9(12(16)18-2)5-8(11)7-13(14)3-4-13/h5-6,15H,3-4,7,14H2,1-2H3. The molecule has 1 saturated carbocycles. The van der Waals surface area contributed by atoms with Crippen molar-refractivity contribution in [2.75, 3.05) is 14.2 Å². The van der Waals surface area contributed by atoms with Gasteiger partial charge in [-0.05, 0) is 30.9 Å². The van der Waals surface area contributed by atoms with Crippen molar-refractivity contribution in [3.8, 4) is 11.5 Å². The van der Waals surface area contributed by atoms with Gasteiger partial charge in [-0.15, -0.1) is 0 Å². The number of phenolic OH excluding ortho intramolecular Hbond substituents is 1. The van der Waals surface area contributed by atoms with Crippen molar-refractivity contribution in [2.45, 2.75) is 24.8 Å². The van der Waals surface area contributed by atoms with Gasteiger partial charge in [0, 0.05) is 11.6 Å². The molecule has 0 bridgehead atoms. The first-order valence-corrected chi connectivity index (χ1v) is 5.76. The molecule has 0 amide bonds. The number of ether oxygens (including phenoxy) is 2. The molecule has 1 aliphatic carbocycles. The summed E-state index contributed by atoms with van der Waals surface area (Å²) in [5, 5.41) is 9.75. The largest absolute Gasteiger partial charge is 0.507 e. The van der Waals surface area contributed by atoms with Gasteiger partial charge in [0.25, 0.3) is 0 Å². The van der Waals surface area contributed by atoms with E-state index in [2.05, 4.69) is 4.74 Å². The highest BCUT2D eigenvalue weighted by Crippen LogP contribution is 2.39. The molecule has 1 aliphatic rings. The number of hydrogen-bond acceptors (Lipinski definition) is 5. The fourth-order valence-corrected chi connectivity index (χ4v) is 1.93. The number of phenols is 1. The van der Waals surface area contributed by atoms with Crippen LogP contribution < -0.4 is 10.5 Å². The lowest BCUT2D eigenvalue weighted by molar-refractivity contribution is 0.0597. The summed E-state index contributed by atoms with van der Waals surface area (Å²) in [5.41, 5.74) is 6.82. The Morgan fingerprint density at radius 3 is 2.61 bits per heavy atom. The summed E-state index contributed by atoms with van der Waals surface area (Å²) in [4.78, 5) is 11.5. The quantitative estimate of drug-likeness (QED) is 0.786. The van der Waals surface area contributed by atoms with Gasteiger partial charge in [-0.2, -0.15) is 0 Å². The van der Waals surface area contributed by atoms with E-state index < -0.39 is 5.97 Å². The van der Waals surface area contributed by atoms with Crippen LogP contribution in [-0.2, 0) is 11.2 Å². The second-order valence-electron chi connectivity index (χ2n) is 4.71. The minimum Gasteiger partial charge on any atom is -0.507 e. The van der Waals surface area contributed by atoms with Crippen LogP contribution >= 0.6 is 0 Å². The predicted octanol–water partition coefficient (Wildman–Crippen LogP) is 1.22. The number of carbonyl (C=O) groups is 1. The van der Waals surface area contributed by atoms with E-state index in [1.165, 1.54) is 20.3 Å². The molecule has 0 saturated heterocycles. The van der Waals surface area contributed by atoms with E-state index in [0.717, 1.165) is 18.4 Å². The molecular weight excluding hydrogens is 234 g/mol. The number of nitrogens with two attached hydrogens (primary N) is 1. The smallest absolute Gasteiger partial charge is 0.341 e. The third-order valence-corrected chi connectivity index (χ3v) is 3.24. The lowest BCUT2D eigenvalue weighted by Crippen LogP contribution is -2.25. The Balaban J connectivity index is 2.39. The fraction of sp³-hybridized carbons (Fsp3) is 0.462. The van der Waals surface area contributed by atoms with Crippen molar-refractivity contribution in [1.82, 2.24) is 0 Å². The average Bonchev–Trinajstić information content (AvgIpc) is 3.07. The maximum Gasteiger partial charge on any atom is 0.341 e. The summed E-state index contributed by atoms with van der Waals surface area (Å²) in [7, 11) is 2.79. The zero-order valence-corrected chi connectivity index (χ0v) is 10.5. The molecule has 0 aliphatic heterocycles. The maximum atomic E-state index is 11.5. The lowest BCUT2D eigenvalue weighted by atomic mass is 10.0. The van der Waals surface area contributed by atoms with Gasteiger partial charge in [0.1, 0.15) is 17.1 Å². The second-order valence-corrected chi connectivity index (χ2v) is 4.71. The molecule has 0 heterocycles. The number of carbonyl (C=O) groups excluding carboxylic acids is 1. The zero-order chi connectivity index (χ0) is 13.3. The van der Waals surface area contributed by atoms with Crippen LogP contribution in [0.4, 0.5) is 0 Å². The Labute approximate surface area is 106 Å². The van der Waals surface area contributed by atoms with Gasteiger partial charge < -0.3 is 20.3 Å². The Morgan fingerprint density at radius 1 is 1.44 bits per heavy atom. The summed E-state index contributed by atoms with van der Waals surface area (Å²) in [6.07, 6.45) is 2.55. The summed E-state index contributed by atoms with van der Waals surface area (Å²) in [6.45, 7) is 0. The predicted molar refractivity (Wildman–Crippen MR) is 65.9 cm³/mol. The molecule has 18 heavy (non-hydrogen) atoms. The SMILES string of the molecule is COC(=O)c1cc(CC2(N)CC2)c(OC)cc1O. The van der Waals surface area contributed by atoms with Gasteiger partial charge in [-0.1, -0.05) is 0 Å². The third-order valence-electron chi connectivity index (χ3n) is 3.24. The Morgan fingerprint density at radius 2 is 2.11 bits per heavy atom. The number of esters is 1. The zero-order valence-electron chi connectivity index (χ0n) is 10.5. The second kappa shape index (κ2) is 4.49. The molecule has 3 N–H and O–H groups in total. The third kappa shape index (κ3) is 2.41. The molecule has 0 aromatic heterocycles. The monoisotopic (exact) mass is 251 g/mol. The number of benzene rings is 1. The van der Waals surface area contributed by atoms with Crippen LogP contribution in [0.5, 0.6) is 11.5 Å². The van der Waals surface area contributed by atoms with Crippen molar-refractivity contribution in [2.24, 2.45) is 5.73 Å². The summed E-state index contributed by atoms with van der Waals surface area (Å²) in [5.74, 6) is -0.181. The Hall–Kier alpha value is -1.75. The van der Waals surface area contributed by atoms with E-state index >= 15 is 0 Å². The normalized spacial score (nSPS) is 16.2. The number of aromatic hydroxyl groups is 1. The van der Waals surface area contributed by atoms with Gasteiger partial charge in [-0.3, -0.25) is 0 Å². The molecule has 5 heteroatoms. The lowest BCUT2D eigenvalue weighted by Gasteiger charge is -2.14. The van der Waals surface area contributed by atoms with E-state index in [9.17, 15) is 9.90 Å². The van der Waals surface area contributed by atoms with Gasteiger partial charge in [0.15, 0.2) is 0 Å². The van der Waals surface area contributed by atoms with E-state index in [1.807, 2.05) is 0 Å². The molecule has 1 aromatic rings. The van der Waals surface area contributed by atoms with Crippen LogP contribution in [0, 0.1) is 0 Å². The van der Waals surface area contributed by atoms with Gasteiger partial charge in [-0.25, -0.2) is 4.79 Å². The number of methoxy groups -OCH3 is 2. The van der Waals surface area contributed by atoms with Crippen molar-refractivity contribution < 1.29 is 19.4 Å². The van der Waals surface area contributed by atoms with Crippen LogP contribution in [0.2, 0.25) is 0 Å². The van der Waals surface area contributed by atoms with Crippen LogP contribution in [0.25, 0.3) is 0 Å². The van der Waals surface area contributed by atoms with E-state index in [4.69, 9.17) is 10.5 Å². The Kier molecular flexibility index (Phi) is 3.17. The minimum atomic E-state index is -0.571. The van der Waals surface area contributed by atoms with Crippen LogP contribution in [-0.4, -0.2) is 30.8 Å². The highest BCUT2D eigenvalue weighted by atomic mass is 16.5. The minimum absolute atomic E-state index is 0.137. The van der Waals surface area contributed by atoms with Crippen LogP contribution in [0.3, 0.4) is 0 Å². The van der Waals surface area contributed by atoms with Crippen LogP contribution in [0.1, 0.15) is 28.8 Å². The molecule has 0 radical (unpaired) electrons. The molecule has 2 rings (SSSR count). The molecular formula is C13H17NO4. The van der Waals surface area contributed by atoms with Crippen LogP contribution in [0.15, 0.2) is 12.1 Å². The van der Waals surface area contributed by atoms with Crippen molar-refractivity contribution in [3.63, 3.8) is 0 Å². The first-order chi connectivity index (χ1) is 8.49. The summed E-state index contributed by atoms with van der Waals surface area (Å²) >= 11 is 0. The highest BCUT2D eigenvalue weighted by molar-refractivity contribution is 5.93. The number of hydrogen-bond donors (Lipinski definition) is 2. The van der Waals surface area contributed by atoms with Crippen molar-refractivity contribution in [1.29, 1.82) is 0 Å². The molecule has 98 valence electrons. The highest BCUT2D eigenvalue weighted by Gasteiger charge is 2.39. The summed E-state index contributed by atoms with van der Waals surface area (Å²) < 4.78 is 9.82. The van der Waals surface area contributed by atoms with Gasteiger partial charge in [0.05, 0.1) is 14.2 Å². The molecule has 0 unspecified atom stereocenters. The first-order valence-electron chi connectivity index (χ1n) is 5.76. The van der Waals surface area contributed by atoms with Gasteiger partial charge in [0.2, 0.25) is 0 Å². The van der Waals surface area contributed by atoms with E-state index in [0.29, 0.717) is 12.2 Å². The van der Waals surface area contributed by atoms with Crippen molar-refractivity contribution in [3.05, 3.63) is 23.3 Å². The molecule has 0 spiro atoms. The summed E-state index contributed by atoms with van der Waals surface area (Å²) in [6, 6.07) is 3.01. The van der Waals surface area contributed by atoms with E-state index in [1.54, 1.807) is 6.07 Å². The molecule has 0 atom stereocenters. The maximum absolute atomic E-state index is 11.5. The first kappa shape index (κ1) is 12.7. The molecule has 1 aromatic carbocycles. The average molecular weight is 251 g/mol. The van der Waals surface area contributed by atoms with Crippen molar-refractivity contribution >= 4 is 5.97 Å². The number of rotatable bonds is 4.